The molecule has 4 nitrogen and oxygen atoms in total. The van der Waals surface area contributed by atoms with Gasteiger partial charge in [-0.2, -0.15) is 11.3 Å². The van der Waals surface area contributed by atoms with Crippen molar-refractivity contribution in [2.45, 2.75) is 0 Å². The predicted molar refractivity (Wildman–Crippen MR) is 81.5 cm³/mol. The predicted octanol–water partition coefficient (Wildman–Crippen LogP) is 3.83. The van der Waals surface area contributed by atoms with Gasteiger partial charge in [0.15, 0.2) is 5.13 Å². The van der Waals surface area contributed by atoms with Gasteiger partial charge in [0.05, 0.1) is 11.3 Å². The molecule has 0 saturated heterocycles. The Morgan fingerprint density at radius 2 is 2.15 bits per heavy atom. The van der Waals surface area contributed by atoms with Crippen LogP contribution in [0.5, 0.6) is 5.75 Å². The lowest BCUT2D eigenvalue weighted by atomic mass is 10.2. The van der Waals surface area contributed by atoms with Crippen molar-refractivity contribution in [3.05, 3.63) is 52.0 Å². The van der Waals surface area contributed by atoms with Gasteiger partial charge in [-0.3, -0.25) is 10.1 Å². The molecule has 0 radical (unpaired) electrons. The third-order valence-corrected chi connectivity index (χ3v) is 4.09. The van der Waals surface area contributed by atoms with Gasteiger partial charge in [-0.05, 0) is 23.6 Å². The van der Waals surface area contributed by atoms with Crippen LogP contribution in [0, 0.1) is 0 Å². The van der Waals surface area contributed by atoms with Crippen LogP contribution < -0.4 is 5.32 Å². The first-order chi connectivity index (χ1) is 9.72. The molecule has 1 amide bonds. The fourth-order valence-electron chi connectivity index (χ4n) is 1.69. The summed E-state index contributed by atoms with van der Waals surface area (Å²) in [6, 6.07) is 8.63. The second-order valence-corrected chi connectivity index (χ2v) is 5.69. The molecule has 0 bridgehead atoms. The normalized spacial score (nSPS) is 10.4. The summed E-state index contributed by atoms with van der Waals surface area (Å²) >= 11 is 2.83. The quantitative estimate of drug-likeness (QED) is 0.773. The molecule has 2 N–H and O–H groups in total. The maximum Gasteiger partial charge on any atom is 0.258 e. The van der Waals surface area contributed by atoms with E-state index in [-0.39, 0.29) is 11.7 Å². The zero-order chi connectivity index (χ0) is 13.9. The van der Waals surface area contributed by atoms with Crippen LogP contribution in [0.4, 0.5) is 5.13 Å². The minimum absolute atomic E-state index is 0.164. The Kier molecular flexibility index (Phi) is 3.49. The number of nitrogens with zero attached hydrogens (tertiary/aromatic N) is 1. The molecule has 0 aliphatic rings. The highest BCUT2D eigenvalue weighted by atomic mass is 32.1. The number of rotatable bonds is 3. The van der Waals surface area contributed by atoms with Crippen molar-refractivity contribution >= 4 is 33.7 Å². The summed E-state index contributed by atoms with van der Waals surface area (Å²) in [6.07, 6.45) is 0. The minimum atomic E-state index is -0.164. The standard InChI is InChI=1S/C14H10N2O2S2/c17-11-3-1-2-9(6-11)12-8-20-14(15-12)16-13(18)10-4-5-19-7-10/h1-8,17H,(H,15,16,18). The van der Waals surface area contributed by atoms with Crippen molar-refractivity contribution in [3.8, 4) is 17.0 Å². The summed E-state index contributed by atoms with van der Waals surface area (Å²) in [5.41, 5.74) is 2.17. The largest absolute Gasteiger partial charge is 0.508 e. The number of thiophene rings is 1. The van der Waals surface area contributed by atoms with E-state index >= 15 is 0 Å². The van der Waals surface area contributed by atoms with Crippen molar-refractivity contribution in [2.24, 2.45) is 0 Å². The van der Waals surface area contributed by atoms with Crippen LogP contribution in [-0.2, 0) is 0 Å². The molecular formula is C14H10N2O2S2. The Morgan fingerprint density at radius 1 is 1.25 bits per heavy atom. The number of carbonyl (C=O) groups excluding carboxylic acids is 1. The SMILES string of the molecule is O=C(Nc1nc(-c2cccc(O)c2)cs1)c1ccsc1. The lowest BCUT2D eigenvalue weighted by Crippen LogP contribution is -2.10. The van der Waals surface area contributed by atoms with Gasteiger partial charge in [-0.15, -0.1) is 11.3 Å². The molecule has 100 valence electrons. The van der Waals surface area contributed by atoms with Crippen molar-refractivity contribution in [1.82, 2.24) is 4.98 Å². The fraction of sp³-hybridized carbons (Fsp3) is 0. The summed E-state index contributed by atoms with van der Waals surface area (Å²) in [7, 11) is 0. The van der Waals surface area contributed by atoms with Crippen LogP contribution in [0.1, 0.15) is 10.4 Å². The molecular weight excluding hydrogens is 292 g/mol. The van der Waals surface area contributed by atoms with Crippen LogP contribution in [0.25, 0.3) is 11.3 Å². The highest BCUT2D eigenvalue weighted by molar-refractivity contribution is 7.14. The number of phenols is 1. The number of thiazole rings is 1. The van der Waals surface area contributed by atoms with E-state index in [1.807, 2.05) is 16.8 Å². The number of aromatic nitrogens is 1. The van der Waals surface area contributed by atoms with E-state index in [4.69, 9.17) is 0 Å². The van der Waals surface area contributed by atoms with Gasteiger partial charge < -0.3 is 5.11 Å². The monoisotopic (exact) mass is 302 g/mol. The molecule has 1 aromatic carbocycles. The second kappa shape index (κ2) is 5.44. The zero-order valence-corrected chi connectivity index (χ0v) is 11.9. The molecule has 0 atom stereocenters. The van der Waals surface area contributed by atoms with E-state index in [1.165, 1.54) is 22.7 Å². The Labute approximate surface area is 123 Å². The second-order valence-electron chi connectivity index (χ2n) is 4.05. The van der Waals surface area contributed by atoms with Gasteiger partial charge in [0, 0.05) is 16.3 Å². The van der Waals surface area contributed by atoms with Crippen LogP contribution in [0.2, 0.25) is 0 Å². The Bertz CT molecular complexity index is 735. The number of phenolic OH excluding ortho intramolecular Hbond substituents is 1. The lowest BCUT2D eigenvalue weighted by molar-refractivity contribution is 0.102. The molecule has 0 fully saturated rings. The number of carbonyl (C=O) groups is 1. The molecule has 3 rings (SSSR count). The van der Waals surface area contributed by atoms with Crippen molar-refractivity contribution < 1.29 is 9.90 Å². The smallest absolute Gasteiger partial charge is 0.258 e. The van der Waals surface area contributed by atoms with Gasteiger partial charge in [-0.25, -0.2) is 4.98 Å². The molecule has 2 aromatic heterocycles. The van der Waals surface area contributed by atoms with Crippen LogP contribution in [0.3, 0.4) is 0 Å². The summed E-state index contributed by atoms with van der Waals surface area (Å²) in [6.45, 7) is 0. The van der Waals surface area contributed by atoms with E-state index in [1.54, 1.807) is 29.6 Å². The number of anilines is 1. The van der Waals surface area contributed by atoms with Gasteiger partial charge in [0.25, 0.3) is 5.91 Å². The van der Waals surface area contributed by atoms with Gasteiger partial charge in [-0.1, -0.05) is 12.1 Å². The van der Waals surface area contributed by atoms with E-state index in [0.717, 1.165) is 11.3 Å². The highest BCUT2D eigenvalue weighted by Crippen LogP contribution is 2.27. The molecule has 0 unspecified atom stereocenters. The zero-order valence-electron chi connectivity index (χ0n) is 10.2. The fourth-order valence-corrected chi connectivity index (χ4v) is 3.04. The molecule has 2 heterocycles. The van der Waals surface area contributed by atoms with Crippen molar-refractivity contribution in [2.75, 3.05) is 5.32 Å². The molecule has 0 saturated carbocycles. The molecule has 0 aliphatic heterocycles. The van der Waals surface area contributed by atoms with Crippen molar-refractivity contribution in [1.29, 1.82) is 0 Å². The summed E-state index contributed by atoms with van der Waals surface area (Å²) in [5, 5.41) is 18.3. The average Bonchev–Trinajstić information content (AvgIpc) is 3.10. The number of hydrogen-bond acceptors (Lipinski definition) is 5. The maximum atomic E-state index is 11.9. The highest BCUT2D eigenvalue weighted by Gasteiger charge is 2.10. The molecule has 0 aliphatic carbocycles. The maximum absolute atomic E-state index is 11.9. The van der Waals surface area contributed by atoms with E-state index in [9.17, 15) is 9.90 Å². The van der Waals surface area contributed by atoms with E-state index in [2.05, 4.69) is 10.3 Å². The van der Waals surface area contributed by atoms with Crippen LogP contribution in [-0.4, -0.2) is 16.0 Å². The summed E-state index contributed by atoms with van der Waals surface area (Å²) in [5.74, 6) is 0.0300. The first-order valence-electron chi connectivity index (χ1n) is 5.81. The Balaban J connectivity index is 1.79. The molecule has 3 aromatic rings. The average molecular weight is 302 g/mol. The van der Waals surface area contributed by atoms with Gasteiger partial charge in [0.2, 0.25) is 0 Å². The third-order valence-electron chi connectivity index (χ3n) is 2.65. The van der Waals surface area contributed by atoms with Crippen LogP contribution >= 0.6 is 22.7 Å². The molecule has 0 spiro atoms. The minimum Gasteiger partial charge on any atom is -0.508 e. The first kappa shape index (κ1) is 12.8. The Hall–Kier alpha value is -2.18. The van der Waals surface area contributed by atoms with Crippen LogP contribution in [0.15, 0.2) is 46.5 Å². The third kappa shape index (κ3) is 2.71. The van der Waals surface area contributed by atoms with Gasteiger partial charge >= 0.3 is 0 Å². The van der Waals surface area contributed by atoms with E-state index < -0.39 is 0 Å². The topological polar surface area (TPSA) is 62.2 Å². The number of benzene rings is 1. The first-order valence-corrected chi connectivity index (χ1v) is 7.63. The molecule has 20 heavy (non-hydrogen) atoms. The number of aromatic hydroxyl groups is 1. The molecule has 6 heteroatoms. The summed E-state index contributed by atoms with van der Waals surface area (Å²) in [4.78, 5) is 16.2. The van der Waals surface area contributed by atoms with E-state index in [0.29, 0.717) is 10.7 Å². The number of nitrogens with one attached hydrogen (secondary N) is 1. The van der Waals surface area contributed by atoms with Gasteiger partial charge in [0.1, 0.15) is 5.75 Å². The number of hydrogen-bond donors (Lipinski definition) is 2. The summed E-state index contributed by atoms with van der Waals surface area (Å²) < 4.78 is 0. The lowest BCUT2D eigenvalue weighted by Gasteiger charge is -1.99. The van der Waals surface area contributed by atoms with Crippen molar-refractivity contribution in [3.63, 3.8) is 0 Å². The number of amides is 1. The Morgan fingerprint density at radius 3 is 2.90 bits per heavy atom.